The third-order valence-electron chi connectivity index (χ3n) is 9.40. The van der Waals surface area contributed by atoms with Gasteiger partial charge in [0.05, 0.1) is 0 Å². The molecule has 6 N–H and O–H groups in total. The summed E-state index contributed by atoms with van der Waals surface area (Å²) < 4.78 is 0. The quantitative estimate of drug-likeness (QED) is 0.202. The smallest absolute Gasteiger partial charge is 0.326 e. The van der Waals surface area contributed by atoms with Gasteiger partial charge in [-0.3, -0.25) is 24.0 Å². The van der Waals surface area contributed by atoms with Gasteiger partial charge in [0.1, 0.15) is 24.2 Å². The predicted molar refractivity (Wildman–Crippen MR) is 207 cm³/mol. The summed E-state index contributed by atoms with van der Waals surface area (Å²) in [6, 6.07) is 21.8. The highest BCUT2D eigenvalue weighted by atomic mass is 32.2. The molecule has 1 fully saturated rings. The Kier molecular flexibility index (Phi) is 14.8. The zero-order valence-corrected chi connectivity index (χ0v) is 30.8. The lowest BCUT2D eigenvalue weighted by atomic mass is 9.99. The first-order chi connectivity index (χ1) is 26.1. The number of thioether (sulfide) groups is 1. The van der Waals surface area contributed by atoms with Crippen molar-refractivity contribution in [2.75, 3.05) is 6.54 Å². The van der Waals surface area contributed by atoms with Crippen LogP contribution in [0.15, 0.2) is 96.4 Å². The Morgan fingerprint density at radius 1 is 0.648 bits per heavy atom. The molecule has 0 saturated carbocycles. The summed E-state index contributed by atoms with van der Waals surface area (Å²) >= 11 is 1.55. The molecular formula is C41H47N5O7S. The van der Waals surface area contributed by atoms with Crippen LogP contribution in [0.25, 0.3) is 11.1 Å². The maximum Gasteiger partial charge on any atom is 0.326 e. The molecule has 1 unspecified atom stereocenters. The summed E-state index contributed by atoms with van der Waals surface area (Å²) in [5, 5.41) is 25.8. The van der Waals surface area contributed by atoms with Gasteiger partial charge in [-0.05, 0) is 59.8 Å². The molecule has 5 amide bonds. The van der Waals surface area contributed by atoms with Gasteiger partial charge in [-0.1, -0.05) is 91.0 Å². The molecule has 3 aromatic rings. The molecule has 5 rings (SSSR count). The van der Waals surface area contributed by atoms with Crippen molar-refractivity contribution in [2.24, 2.45) is 0 Å². The largest absolute Gasteiger partial charge is 0.480 e. The maximum atomic E-state index is 14.3. The first-order valence-corrected chi connectivity index (χ1v) is 19.3. The van der Waals surface area contributed by atoms with E-state index in [-0.39, 0.29) is 56.2 Å². The number of benzene rings is 3. The van der Waals surface area contributed by atoms with Gasteiger partial charge >= 0.3 is 5.97 Å². The lowest BCUT2D eigenvalue weighted by Gasteiger charge is -2.27. The van der Waals surface area contributed by atoms with Crippen molar-refractivity contribution in [2.45, 2.75) is 87.2 Å². The predicted octanol–water partition coefficient (Wildman–Crippen LogP) is 3.65. The number of allylic oxidation sites excluding steroid dienone is 1. The SMILES string of the molecule is O=C1CCC(=O)N[C@H](CC2CC=CS2)C(=O)N[C@@H](Cc2ccc(-c3ccccc3)cc2)C(=O)N[C@H](Cc2ccccc2)C(=O)N[C@H](C(=O)O)CCCCN1. The van der Waals surface area contributed by atoms with Gasteiger partial charge in [0.15, 0.2) is 0 Å². The van der Waals surface area contributed by atoms with Gasteiger partial charge in [0, 0.05) is 37.5 Å². The molecule has 3 aromatic carbocycles. The van der Waals surface area contributed by atoms with E-state index in [1.165, 1.54) is 0 Å². The monoisotopic (exact) mass is 753 g/mol. The van der Waals surface area contributed by atoms with E-state index in [0.717, 1.165) is 22.3 Å². The fourth-order valence-corrected chi connectivity index (χ4v) is 7.37. The Labute approximate surface area is 319 Å². The van der Waals surface area contributed by atoms with Crippen molar-refractivity contribution < 1.29 is 33.9 Å². The van der Waals surface area contributed by atoms with Crippen LogP contribution in [0.3, 0.4) is 0 Å². The topological polar surface area (TPSA) is 183 Å². The second-order valence-electron chi connectivity index (χ2n) is 13.5. The van der Waals surface area contributed by atoms with Crippen LogP contribution in [0.5, 0.6) is 0 Å². The summed E-state index contributed by atoms with van der Waals surface area (Å²) in [7, 11) is 0. The normalized spacial score (nSPS) is 23.6. The number of aliphatic carboxylic acids is 1. The number of carbonyl (C=O) groups excluding carboxylic acids is 5. The summed E-state index contributed by atoms with van der Waals surface area (Å²) in [5.74, 6) is -3.96. The van der Waals surface area contributed by atoms with Crippen LogP contribution in [0.4, 0.5) is 0 Å². The average molecular weight is 754 g/mol. The van der Waals surface area contributed by atoms with Crippen LogP contribution in [0, 0.1) is 0 Å². The molecule has 0 radical (unpaired) electrons. The third kappa shape index (κ3) is 12.3. The van der Waals surface area contributed by atoms with Crippen LogP contribution in [-0.2, 0) is 41.6 Å². The van der Waals surface area contributed by atoms with E-state index in [4.69, 9.17) is 0 Å². The fraction of sp³-hybridized carbons (Fsp3) is 0.366. The number of carbonyl (C=O) groups is 6. The molecule has 12 nitrogen and oxygen atoms in total. The Morgan fingerprint density at radius 3 is 1.85 bits per heavy atom. The molecule has 0 spiro atoms. The average Bonchev–Trinajstić information content (AvgIpc) is 3.69. The molecule has 5 atom stereocenters. The number of carboxylic acid groups (broad SMARTS) is 1. The van der Waals surface area contributed by atoms with E-state index in [0.29, 0.717) is 19.3 Å². The molecule has 284 valence electrons. The number of nitrogens with one attached hydrogen (secondary N) is 5. The lowest BCUT2D eigenvalue weighted by Crippen LogP contribution is -2.59. The van der Waals surface area contributed by atoms with E-state index >= 15 is 0 Å². The zero-order chi connectivity index (χ0) is 38.3. The van der Waals surface area contributed by atoms with Gasteiger partial charge < -0.3 is 31.7 Å². The van der Waals surface area contributed by atoms with E-state index in [1.807, 2.05) is 72.1 Å². The van der Waals surface area contributed by atoms with Crippen molar-refractivity contribution in [1.82, 2.24) is 26.6 Å². The first-order valence-electron chi connectivity index (χ1n) is 18.3. The zero-order valence-electron chi connectivity index (χ0n) is 30.0. The highest BCUT2D eigenvalue weighted by Crippen LogP contribution is 2.28. The highest BCUT2D eigenvalue weighted by molar-refractivity contribution is 8.03. The Bertz CT molecular complexity index is 1780. The lowest BCUT2D eigenvalue weighted by molar-refractivity contribution is -0.142. The second kappa shape index (κ2) is 20.1. The van der Waals surface area contributed by atoms with Gasteiger partial charge in [-0.2, -0.15) is 0 Å². The summed E-state index contributed by atoms with van der Waals surface area (Å²) in [6.07, 6.45) is 3.81. The summed E-state index contributed by atoms with van der Waals surface area (Å²) in [6.45, 7) is 0.265. The number of rotatable bonds is 8. The highest BCUT2D eigenvalue weighted by Gasteiger charge is 2.33. The van der Waals surface area contributed by atoms with Crippen LogP contribution in [0.2, 0.25) is 0 Å². The van der Waals surface area contributed by atoms with Crippen LogP contribution >= 0.6 is 11.8 Å². The van der Waals surface area contributed by atoms with Crippen molar-refractivity contribution in [3.8, 4) is 11.1 Å². The van der Waals surface area contributed by atoms with Crippen LogP contribution in [0.1, 0.15) is 56.1 Å². The van der Waals surface area contributed by atoms with Gasteiger partial charge in [-0.25, -0.2) is 4.79 Å². The Balaban J connectivity index is 1.45. The second-order valence-corrected chi connectivity index (χ2v) is 14.8. The minimum Gasteiger partial charge on any atom is -0.480 e. The molecule has 0 bridgehead atoms. The molecule has 0 aromatic heterocycles. The Morgan fingerprint density at radius 2 is 1.22 bits per heavy atom. The molecular weight excluding hydrogens is 707 g/mol. The first kappa shape index (κ1) is 39.8. The molecule has 1 saturated heterocycles. The van der Waals surface area contributed by atoms with Crippen molar-refractivity contribution >= 4 is 47.3 Å². The third-order valence-corrected chi connectivity index (χ3v) is 10.5. The van der Waals surface area contributed by atoms with Crippen molar-refractivity contribution in [3.63, 3.8) is 0 Å². The summed E-state index contributed by atoms with van der Waals surface area (Å²) in [5.41, 5.74) is 3.46. The summed E-state index contributed by atoms with van der Waals surface area (Å²) in [4.78, 5) is 80.0. The molecule has 0 aliphatic carbocycles. The van der Waals surface area contributed by atoms with E-state index in [9.17, 15) is 33.9 Å². The van der Waals surface area contributed by atoms with Crippen molar-refractivity contribution in [3.05, 3.63) is 108 Å². The fourth-order valence-electron chi connectivity index (χ4n) is 6.40. The Hall–Kier alpha value is -5.43. The molecule has 54 heavy (non-hydrogen) atoms. The van der Waals surface area contributed by atoms with Gasteiger partial charge in [0.25, 0.3) is 0 Å². The van der Waals surface area contributed by atoms with Gasteiger partial charge in [0.2, 0.25) is 29.5 Å². The number of amides is 5. The van der Waals surface area contributed by atoms with E-state index < -0.39 is 53.8 Å². The molecule has 2 heterocycles. The molecule has 13 heteroatoms. The number of hydrogen-bond donors (Lipinski definition) is 6. The van der Waals surface area contributed by atoms with Crippen LogP contribution < -0.4 is 26.6 Å². The standard InChI is InChI=1S/C41H47N5O7S/c47-36-20-21-37(48)43-35(26-31-14-9-23-54-31)40(51)46-34(25-28-16-18-30(19-17-28)29-12-5-2-6-13-29)39(50)45-33(24-27-10-3-1-4-11-27)38(49)44-32(41(52)53)15-7-8-22-42-36/h1-6,9-13,16-19,23,31-35H,7-8,14-15,20-22,24-26H2,(H,42,47)(H,43,48)(H,44,49)(H,45,50)(H,46,51)(H,52,53)/t31?,32-,33+,34-,35+/m0/s1. The van der Waals surface area contributed by atoms with E-state index in [1.54, 1.807) is 36.0 Å². The molecule has 2 aliphatic heterocycles. The number of carboxylic acids is 1. The number of hydrogen-bond acceptors (Lipinski definition) is 7. The van der Waals surface area contributed by atoms with Gasteiger partial charge in [-0.15, -0.1) is 11.8 Å². The maximum absolute atomic E-state index is 14.3. The molecule has 2 aliphatic rings. The van der Waals surface area contributed by atoms with Crippen LogP contribution in [-0.4, -0.2) is 76.6 Å². The minimum absolute atomic E-state index is 0.0221. The minimum atomic E-state index is -1.24. The van der Waals surface area contributed by atoms with Crippen molar-refractivity contribution in [1.29, 1.82) is 0 Å². The van der Waals surface area contributed by atoms with E-state index in [2.05, 4.69) is 26.6 Å².